The summed E-state index contributed by atoms with van der Waals surface area (Å²) in [6.45, 7) is 5.88. The van der Waals surface area contributed by atoms with Gasteiger partial charge in [-0.3, -0.25) is 14.6 Å². The normalized spacial score (nSPS) is 12.2. The molecule has 0 aliphatic rings. The number of hydrogen-bond acceptors (Lipinski definition) is 3. The number of nitrogens with one attached hydrogen (secondary N) is 2. The highest BCUT2D eigenvalue weighted by Crippen LogP contribution is 2.25. The highest BCUT2D eigenvalue weighted by Gasteiger charge is 2.18. The summed E-state index contributed by atoms with van der Waals surface area (Å²) in [4.78, 5) is 12.4. The van der Waals surface area contributed by atoms with Gasteiger partial charge in [-0.25, -0.2) is 0 Å². The van der Waals surface area contributed by atoms with Gasteiger partial charge in [-0.2, -0.15) is 10.2 Å². The van der Waals surface area contributed by atoms with Gasteiger partial charge in [0.1, 0.15) is 5.69 Å². The molecule has 6 heteroatoms. The summed E-state index contributed by atoms with van der Waals surface area (Å²) < 4.78 is 1.82. The van der Waals surface area contributed by atoms with Crippen molar-refractivity contribution in [3.05, 3.63) is 59.0 Å². The topological polar surface area (TPSA) is 75.6 Å². The minimum absolute atomic E-state index is 0.0766. The predicted octanol–water partition coefficient (Wildman–Crippen LogP) is 2.92. The van der Waals surface area contributed by atoms with Gasteiger partial charge in [-0.1, -0.05) is 30.3 Å². The second kappa shape index (κ2) is 6.31. The number of nitrogens with zero attached hydrogens (tertiary/aromatic N) is 3. The standard InChI is InChI=1S/C18H21N5O/c1-11(14-8-6-5-7-9-14)19-18(24)16-10-15(20-21-16)17-12(2)22-23(4)13(17)3/h5-11H,1-4H3,(H,19,24)(H,20,21). The zero-order valence-corrected chi connectivity index (χ0v) is 14.3. The van der Waals surface area contributed by atoms with Crippen LogP contribution in [0.25, 0.3) is 11.3 Å². The Hall–Kier alpha value is -2.89. The average Bonchev–Trinajstić information content (AvgIpc) is 3.13. The van der Waals surface area contributed by atoms with E-state index in [0.717, 1.165) is 28.2 Å². The Morgan fingerprint density at radius 3 is 2.58 bits per heavy atom. The molecule has 24 heavy (non-hydrogen) atoms. The van der Waals surface area contributed by atoms with E-state index in [1.807, 2.05) is 62.8 Å². The van der Waals surface area contributed by atoms with Gasteiger partial charge in [0.25, 0.3) is 5.91 Å². The molecule has 0 spiro atoms. The van der Waals surface area contributed by atoms with Crippen molar-refractivity contribution in [3.8, 4) is 11.3 Å². The fourth-order valence-electron chi connectivity index (χ4n) is 2.81. The summed E-state index contributed by atoms with van der Waals surface area (Å²) >= 11 is 0. The number of hydrogen-bond donors (Lipinski definition) is 2. The molecule has 1 unspecified atom stereocenters. The summed E-state index contributed by atoms with van der Waals surface area (Å²) in [7, 11) is 1.90. The fraction of sp³-hybridized carbons (Fsp3) is 0.278. The smallest absolute Gasteiger partial charge is 0.269 e. The molecule has 0 fully saturated rings. The molecule has 2 aromatic heterocycles. The molecule has 2 heterocycles. The Morgan fingerprint density at radius 1 is 1.25 bits per heavy atom. The van der Waals surface area contributed by atoms with E-state index in [9.17, 15) is 4.79 Å². The number of carbonyl (C=O) groups is 1. The maximum atomic E-state index is 12.4. The summed E-state index contributed by atoms with van der Waals surface area (Å²) in [6.07, 6.45) is 0. The molecule has 2 N–H and O–H groups in total. The third kappa shape index (κ3) is 2.95. The maximum absolute atomic E-state index is 12.4. The quantitative estimate of drug-likeness (QED) is 0.775. The largest absolute Gasteiger partial charge is 0.344 e. The molecule has 0 saturated carbocycles. The zero-order valence-electron chi connectivity index (χ0n) is 14.3. The van der Waals surface area contributed by atoms with Crippen molar-refractivity contribution in [3.63, 3.8) is 0 Å². The second-order valence-electron chi connectivity index (χ2n) is 5.94. The van der Waals surface area contributed by atoms with Crippen LogP contribution in [0.3, 0.4) is 0 Å². The fourth-order valence-corrected chi connectivity index (χ4v) is 2.81. The predicted molar refractivity (Wildman–Crippen MR) is 92.6 cm³/mol. The molecule has 0 aliphatic carbocycles. The average molecular weight is 323 g/mol. The Labute approximate surface area is 140 Å². The first-order chi connectivity index (χ1) is 11.5. The number of H-pyrrole nitrogens is 1. The number of amides is 1. The van der Waals surface area contributed by atoms with Gasteiger partial charge < -0.3 is 5.32 Å². The van der Waals surface area contributed by atoms with Gasteiger partial charge in [0.05, 0.1) is 17.4 Å². The molecule has 0 aliphatic heterocycles. The number of carbonyl (C=O) groups excluding carboxylic acids is 1. The minimum atomic E-state index is -0.177. The first-order valence-electron chi connectivity index (χ1n) is 7.89. The molecule has 3 aromatic rings. The van der Waals surface area contributed by atoms with Crippen LogP contribution in [0.4, 0.5) is 0 Å². The lowest BCUT2D eigenvalue weighted by molar-refractivity contribution is 0.0935. The van der Waals surface area contributed by atoms with E-state index in [4.69, 9.17) is 0 Å². The molecule has 6 nitrogen and oxygen atoms in total. The molecule has 0 radical (unpaired) electrons. The molecule has 0 bridgehead atoms. The zero-order chi connectivity index (χ0) is 17.3. The van der Waals surface area contributed by atoms with Gasteiger partial charge in [0, 0.05) is 18.3 Å². The minimum Gasteiger partial charge on any atom is -0.344 e. The van der Waals surface area contributed by atoms with E-state index in [1.54, 1.807) is 6.07 Å². The maximum Gasteiger partial charge on any atom is 0.269 e. The lowest BCUT2D eigenvalue weighted by atomic mass is 10.1. The monoisotopic (exact) mass is 323 g/mol. The van der Waals surface area contributed by atoms with E-state index >= 15 is 0 Å². The Kier molecular flexibility index (Phi) is 4.20. The molecule has 124 valence electrons. The van der Waals surface area contributed by atoms with Gasteiger partial charge in [0.15, 0.2) is 0 Å². The van der Waals surface area contributed by atoms with E-state index in [2.05, 4.69) is 20.6 Å². The van der Waals surface area contributed by atoms with Gasteiger partial charge in [-0.15, -0.1) is 0 Å². The van der Waals surface area contributed by atoms with Gasteiger partial charge in [-0.05, 0) is 32.4 Å². The molecule has 1 atom stereocenters. The van der Waals surface area contributed by atoms with E-state index in [1.165, 1.54) is 0 Å². The van der Waals surface area contributed by atoms with Crippen molar-refractivity contribution in [2.45, 2.75) is 26.8 Å². The van der Waals surface area contributed by atoms with Crippen molar-refractivity contribution in [1.82, 2.24) is 25.3 Å². The number of aryl methyl sites for hydroxylation is 2. The van der Waals surface area contributed by atoms with E-state index in [-0.39, 0.29) is 11.9 Å². The SMILES string of the molecule is Cc1nn(C)c(C)c1-c1cc(C(=O)NC(C)c2ccccc2)[nH]n1. The Balaban J connectivity index is 1.79. The van der Waals surface area contributed by atoms with Crippen molar-refractivity contribution >= 4 is 5.91 Å². The molecule has 1 aromatic carbocycles. The van der Waals surface area contributed by atoms with E-state index < -0.39 is 0 Å². The summed E-state index contributed by atoms with van der Waals surface area (Å²) in [6, 6.07) is 11.5. The van der Waals surface area contributed by atoms with Crippen molar-refractivity contribution < 1.29 is 4.79 Å². The first-order valence-corrected chi connectivity index (χ1v) is 7.89. The van der Waals surface area contributed by atoms with Crippen LogP contribution < -0.4 is 5.32 Å². The molecule has 3 rings (SSSR count). The van der Waals surface area contributed by atoms with Gasteiger partial charge >= 0.3 is 0 Å². The molecular weight excluding hydrogens is 302 g/mol. The van der Waals surface area contributed by atoms with Crippen LogP contribution in [0.15, 0.2) is 36.4 Å². The summed E-state index contributed by atoms with van der Waals surface area (Å²) in [5.41, 5.74) is 5.11. The highest BCUT2D eigenvalue weighted by atomic mass is 16.2. The van der Waals surface area contributed by atoms with Crippen molar-refractivity contribution in [1.29, 1.82) is 0 Å². The third-order valence-electron chi connectivity index (χ3n) is 4.23. The van der Waals surface area contributed by atoms with E-state index in [0.29, 0.717) is 5.69 Å². The lowest BCUT2D eigenvalue weighted by Crippen LogP contribution is -2.26. The molecule has 0 saturated heterocycles. The third-order valence-corrected chi connectivity index (χ3v) is 4.23. The second-order valence-corrected chi connectivity index (χ2v) is 5.94. The summed E-state index contributed by atoms with van der Waals surface area (Å²) in [5.74, 6) is -0.177. The van der Waals surface area contributed by atoms with Crippen LogP contribution in [0.2, 0.25) is 0 Å². The van der Waals surface area contributed by atoms with Crippen LogP contribution >= 0.6 is 0 Å². The van der Waals surface area contributed by atoms with Crippen LogP contribution in [0, 0.1) is 13.8 Å². The van der Waals surface area contributed by atoms with Crippen LogP contribution in [0.1, 0.15) is 40.4 Å². The first kappa shape index (κ1) is 16.0. The number of aromatic amines is 1. The lowest BCUT2D eigenvalue weighted by Gasteiger charge is -2.13. The van der Waals surface area contributed by atoms with Crippen LogP contribution in [0.5, 0.6) is 0 Å². The summed E-state index contributed by atoms with van der Waals surface area (Å²) in [5, 5.41) is 14.5. The number of aromatic nitrogens is 4. The molecular formula is C18H21N5O. The highest BCUT2D eigenvalue weighted by molar-refractivity contribution is 5.93. The van der Waals surface area contributed by atoms with Crippen molar-refractivity contribution in [2.24, 2.45) is 7.05 Å². The van der Waals surface area contributed by atoms with Crippen molar-refractivity contribution in [2.75, 3.05) is 0 Å². The number of benzene rings is 1. The molecule has 1 amide bonds. The van der Waals surface area contributed by atoms with Crippen LogP contribution in [-0.2, 0) is 7.05 Å². The van der Waals surface area contributed by atoms with Gasteiger partial charge in [0.2, 0.25) is 0 Å². The number of rotatable bonds is 4. The Bertz CT molecular complexity index is 863. The Morgan fingerprint density at radius 2 is 1.96 bits per heavy atom. The van der Waals surface area contributed by atoms with Crippen LogP contribution in [-0.4, -0.2) is 25.9 Å².